The van der Waals surface area contributed by atoms with Crippen molar-refractivity contribution in [2.24, 2.45) is 0 Å². The van der Waals surface area contributed by atoms with Crippen molar-refractivity contribution in [1.82, 2.24) is 24.6 Å². The van der Waals surface area contributed by atoms with E-state index in [1.165, 1.54) is 4.52 Å². The minimum absolute atomic E-state index is 0.0676. The second kappa shape index (κ2) is 3.83. The lowest BCUT2D eigenvalue weighted by atomic mass is 10.1. The van der Waals surface area contributed by atoms with Crippen LogP contribution in [0.15, 0.2) is 23.4 Å². The molecule has 0 aromatic carbocycles. The maximum Gasteiger partial charge on any atom is 0.276 e. The van der Waals surface area contributed by atoms with Gasteiger partial charge in [0, 0.05) is 29.7 Å². The van der Waals surface area contributed by atoms with Gasteiger partial charge in [0.1, 0.15) is 5.69 Å². The third-order valence-electron chi connectivity index (χ3n) is 3.02. The monoisotopic (exact) mass is 243 g/mol. The van der Waals surface area contributed by atoms with Crippen molar-refractivity contribution in [2.45, 2.75) is 20.3 Å². The average Bonchev–Trinajstić information content (AvgIpc) is 2.99. The molecule has 0 aliphatic carbocycles. The first-order chi connectivity index (χ1) is 8.72. The van der Waals surface area contributed by atoms with Crippen molar-refractivity contribution < 1.29 is 0 Å². The molecule has 92 valence electrons. The van der Waals surface area contributed by atoms with E-state index in [0.717, 1.165) is 5.56 Å². The Bertz CT molecular complexity index is 751. The molecule has 6 nitrogen and oxygen atoms in total. The molecule has 0 spiro atoms. The molecule has 2 N–H and O–H groups in total. The summed E-state index contributed by atoms with van der Waals surface area (Å²) in [6, 6.07) is 0. The molecule has 3 aromatic rings. The molecule has 0 aliphatic heterocycles. The summed E-state index contributed by atoms with van der Waals surface area (Å²) in [5, 5.41) is 2.91. The van der Waals surface area contributed by atoms with Gasteiger partial charge in [-0.15, -0.1) is 0 Å². The summed E-state index contributed by atoms with van der Waals surface area (Å²) in [6.07, 6.45) is 5.77. The smallest absolute Gasteiger partial charge is 0.276 e. The van der Waals surface area contributed by atoms with Crippen LogP contribution in [-0.2, 0) is 6.42 Å². The Balaban J connectivity index is 2.43. The minimum Gasteiger partial charge on any atom is -0.343 e. The molecule has 0 saturated heterocycles. The van der Waals surface area contributed by atoms with Crippen LogP contribution in [0.5, 0.6) is 0 Å². The second-order valence-electron chi connectivity index (χ2n) is 4.15. The topological polar surface area (TPSA) is 78.8 Å². The Kier molecular flexibility index (Phi) is 2.29. The molecule has 6 heteroatoms. The Labute approximate surface area is 103 Å². The standard InChI is InChI=1S/C12H13N5O/c1-3-8-9(10-13-4-5-14-10)16-11-7(2)6-15-17(11)12(8)18/h4-6,15H,3H2,1-2H3,(H,13,14). The minimum atomic E-state index is -0.0676. The van der Waals surface area contributed by atoms with E-state index in [9.17, 15) is 4.79 Å². The third kappa shape index (κ3) is 1.38. The van der Waals surface area contributed by atoms with Crippen molar-refractivity contribution in [3.8, 4) is 11.5 Å². The highest BCUT2D eigenvalue weighted by molar-refractivity contribution is 5.60. The van der Waals surface area contributed by atoms with Crippen LogP contribution in [0.3, 0.4) is 0 Å². The van der Waals surface area contributed by atoms with Crippen molar-refractivity contribution in [2.75, 3.05) is 0 Å². The predicted octanol–water partition coefficient (Wildman–Crippen LogP) is 1.28. The van der Waals surface area contributed by atoms with Crippen LogP contribution < -0.4 is 5.56 Å². The third-order valence-corrected chi connectivity index (χ3v) is 3.02. The van der Waals surface area contributed by atoms with Gasteiger partial charge in [-0.2, -0.15) is 0 Å². The normalized spacial score (nSPS) is 11.2. The Morgan fingerprint density at radius 1 is 1.44 bits per heavy atom. The van der Waals surface area contributed by atoms with Crippen LogP contribution in [0.25, 0.3) is 17.2 Å². The highest BCUT2D eigenvalue weighted by atomic mass is 16.1. The average molecular weight is 243 g/mol. The number of nitrogens with zero attached hydrogens (tertiary/aromatic N) is 3. The maximum absolute atomic E-state index is 12.3. The van der Waals surface area contributed by atoms with Crippen molar-refractivity contribution in [1.29, 1.82) is 0 Å². The Hall–Kier alpha value is -2.37. The second-order valence-corrected chi connectivity index (χ2v) is 4.15. The number of hydrogen-bond acceptors (Lipinski definition) is 3. The summed E-state index contributed by atoms with van der Waals surface area (Å²) >= 11 is 0. The zero-order chi connectivity index (χ0) is 12.7. The first kappa shape index (κ1) is 10.8. The number of aromatic nitrogens is 5. The van der Waals surface area contributed by atoms with Crippen molar-refractivity contribution in [3.63, 3.8) is 0 Å². The number of fused-ring (bicyclic) bond motifs is 1. The fourth-order valence-electron chi connectivity index (χ4n) is 2.08. The number of rotatable bonds is 2. The largest absolute Gasteiger partial charge is 0.343 e. The van der Waals surface area contributed by atoms with Crippen LogP contribution in [0.1, 0.15) is 18.1 Å². The first-order valence-electron chi connectivity index (χ1n) is 5.81. The van der Waals surface area contributed by atoms with E-state index >= 15 is 0 Å². The van der Waals surface area contributed by atoms with Gasteiger partial charge in [0.05, 0.1) is 0 Å². The zero-order valence-electron chi connectivity index (χ0n) is 10.2. The maximum atomic E-state index is 12.3. The quantitative estimate of drug-likeness (QED) is 0.711. The van der Waals surface area contributed by atoms with Crippen LogP contribution >= 0.6 is 0 Å². The van der Waals surface area contributed by atoms with Crippen molar-refractivity contribution in [3.05, 3.63) is 40.1 Å². The van der Waals surface area contributed by atoms with Gasteiger partial charge in [-0.05, 0) is 13.3 Å². The van der Waals surface area contributed by atoms with Crippen molar-refractivity contribution >= 4 is 5.65 Å². The number of H-pyrrole nitrogens is 2. The van der Waals surface area contributed by atoms with Crippen LogP contribution in [0.4, 0.5) is 0 Å². The molecule has 0 bridgehead atoms. The van der Waals surface area contributed by atoms with E-state index in [4.69, 9.17) is 0 Å². The summed E-state index contributed by atoms with van der Waals surface area (Å²) in [5.41, 5.74) is 2.80. The van der Waals surface area contributed by atoms with E-state index in [0.29, 0.717) is 29.1 Å². The lowest BCUT2D eigenvalue weighted by molar-refractivity contribution is 0.867. The SMILES string of the molecule is CCc1c(-c2ncc[nH]2)nc2c(C)c[nH]n2c1=O. The van der Waals surface area contributed by atoms with Gasteiger partial charge < -0.3 is 4.98 Å². The van der Waals surface area contributed by atoms with Crippen LogP contribution in [-0.4, -0.2) is 24.6 Å². The van der Waals surface area contributed by atoms with Crippen LogP contribution in [0, 0.1) is 6.92 Å². The summed E-state index contributed by atoms with van der Waals surface area (Å²) in [5.74, 6) is 0.632. The molecule has 0 radical (unpaired) electrons. The number of hydrogen-bond donors (Lipinski definition) is 2. The van der Waals surface area contributed by atoms with Gasteiger partial charge in [-0.25, -0.2) is 14.5 Å². The number of nitrogens with one attached hydrogen (secondary N) is 2. The van der Waals surface area contributed by atoms with E-state index in [1.807, 2.05) is 13.8 Å². The van der Waals surface area contributed by atoms with Gasteiger partial charge in [0.2, 0.25) is 0 Å². The predicted molar refractivity (Wildman–Crippen MR) is 67.5 cm³/mol. The summed E-state index contributed by atoms with van der Waals surface area (Å²) < 4.78 is 1.47. The lowest BCUT2D eigenvalue weighted by Gasteiger charge is -2.05. The molecule has 0 amide bonds. The molecule has 0 atom stereocenters. The molecule has 3 rings (SSSR count). The van der Waals surface area contributed by atoms with Gasteiger partial charge in [0.15, 0.2) is 11.5 Å². The Morgan fingerprint density at radius 2 is 2.28 bits per heavy atom. The van der Waals surface area contributed by atoms with Crippen LogP contribution in [0.2, 0.25) is 0 Å². The molecule has 3 heterocycles. The van der Waals surface area contributed by atoms with E-state index in [-0.39, 0.29) is 5.56 Å². The number of aromatic amines is 2. The summed E-state index contributed by atoms with van der Waals surface area (Å²) in [7, 11) is 0. The molecule has 0 aliphatic rings. The van der Waals surface area contributed by atoms with Gasteiger partial charge >= 0.3 is 0 Å². The van der Waals surface area contributed by atoms with E-state index < -0.39 is 0 Å². The van der Waals surface area contributed by atoms with Gasteiger partial charge in [-0.1, -0.05) is 6.92 Å². The number of imidazole rings is 1. The molecule has 3 aromatic heterocycles. The Morgan fingerprint density at radius 3 is 2.94 bits per heavy atom. The lowest BCUT2D eigenvalue weighted by Crippen LogP contribution is -2.21. The fraction of sp³-hybridized carbons (Fsp3) is 0.250. The zero-order valence-corrected chi connectivity index (χ0v) is 10.2. The summed E-state index contributed by atoms with van der Waals surface area (Å²) in [6.45, 7) is 3.85. The number of aryl methyl sites for hydroxylation is 1. The van der Waals surface area contributed by atoms with E-state index in [2.05, 4.69) is 20.1 Å². The molecular weight excluding hydrogens is 230 g/mol. The molecule has 0 saturated carbocycles. The molecular formula is C12H13N5O. The molecule has 18 heavy (non-hydrogen) atoms. The first-order valence-corrected chi connectivity index (χ1v) is 5.81. The fourth-order valence-corrected chi connectivity index (χ4v) is 2.08. The highest BCUT2D eigenvalue weighted by Gasteiger charge is 2.16. The molecule has 0 unspecified atom stereocenters. The van der Waals surface area contributed by atoms with E-state index in [1.54, 1.807) is 18.6 Å². The van der Waals surface area contributed by atoms with Gasteiger partial charge in [0.25, 0.3) is 5.56 Å². The molecule has 0 fully saturated rings. The highest BCUT2D eigenvalue weighted by Crippen LogP contribution is 2.17. The van der Waals surface area contributed by atoms with Gasteiger partial charge in [-0.3, -0.25) is 9.89 Å². The summed E-state index contributed by atoms with van der Waals surface area (Å²) in [4.78, 5) is 24.1.